The van der Waals surface area contributed by atoms with E-state index in [0.717, 1.165) is 30.8 Å². The molecular weight excluding hydrogens is 328 g/mol. The van der Waals surface area contributed by atoms with Crippen molar-refractivity contribution in [3.63, 3.8) is 0 Å². The summed E-state index contributed by atoms with van der Waals surface area (Å²) in [5.74, 6) is 0.714. The highest BCUT2D eigenvalue weighted by atomic mass is 16.5. The molecule has 1 fully saturated rings. The molecule has 1 atom stereocenters. The number of aromatic nitrogens is 3. The van der Waals surface area contributed by atoms with Gasteiger partial charge in [-0.15, -0.1) is 5.10 Å². The number of carbonyl (C=O) groups is 1. The summed E-state index contributed by atoms with van der Waals surface area (Å²) in [6.07, 6.45) is 3.58. The minimum atomic E-state index is -0.0584. The summed E-state index contributed by atoms with van der Waals surface area (Å²) in [5.41, 5.74) is 2.46. The van der Waals surface area contributed by atoms with Crippen LogP contribution in [0.3, 0.4) is 0 Å². The molecule has 3 aromatic rings. The molecule has 132 valence electrons. The number of benzene rings is 2. The smallest absolute Gasteiger partial charge is 0.276 e. The second-order valence-corrected chi connectivity index (χ2v) is 6.38. The van der Waals surface area contributed by atoms with E-state index in [-0.39, 0.29) is 11.9 Å². The van der Waals surface area contributed by atoms with Crippen LogP contribution < -0.4 is 4.74 Å². The van der Waals surface area contributed by atoms with E-state index in [1.165, 1.54) is 5.56 Å². The van der Waals surface area contributed by atoms with Crippen molar-refractivity contribution in [2.75, 3.05) is 13.7 Å². The largest absolute Gasteiger partial charge is 0.497 e. The van der Waals surface area contributed by atoms with Crippen molar-refractivity contribution >= 4 is 5.91 Å². The van der Waals surface area contributed by atoms with Gasteiger partial charge in [-0.2, -0.15) is 0 Å². The number of carbonyl (C=O) groups excluding carboxylic acids is 1. The third kappa shape index (κ3) is 3.18. The number of hydrogen-bond donors (Lipinski definition) is 0. The molecule has 1 aliphatic rings. The Kier molecular flexibility index (Phi) is 4.39. The number of amides is 1. The van der Waals surface area contributed by atoms with Crippen LogP contribution in [0.4, 0.5) is 0 Å². The molecule has 4 rings (SSSR count). The molecule has 0 N–H and O–H groups in total. The first-order chi connectivity index (χ1) is 12.7. The summed E-state index contributed by atoms with van der Waals surface area (Å²) in [7, 11) is 1.63. The molecular formula is C20H20N4O2. The van der Waals surface area contributed by atoms with E-state index in [4.69, 9.17) is 4.74 Å². The van der Waals surface area contributed by atoms with Crippen LogP contribution in [0.15, 0.2) is 60.8 Å². The standard InChI is InChI=1S/C20H20N4O2/c1-26-18-9-7-16(8-10-18)24-14-19(21-22-24)20(25)23-12-11-17(23)13-15-5-3-2-4-6-15/h2-10,14,17H,11-13H2,1H3. The molecule has 0 aliphatic carbocycles. The van der Waals surface area contributed by atoms with Crippen LogP contribution in [-0.4, -0.2) is 45.5 Å². The quantitative estimate of drug-likeness (QED) is 0.711. The number of ether oxygens (including phenoxy) is 1. The molecule has 1 saturated heterocycles. The SMILES string of the molecule is COc1ccc(-n2cc(C(=O)N3CCC3Cc3ccccc3)nn2)cc1. The van der Waals surface area contributed by atoms with Gasteiger partial charge in [0.15, 0.2) is 5.69 Å². The van der Waals surface area contributed by atoms with E-state index in [9.17, 15) is 4.79 Å². The van der Waals surface area contributed by atoms with Crippen molar-refractivity contribution in [2.24, 2.45) is 0 Å². The van der Waals surface area contributed by atoms with E-state index >= 15 is 0 Å². The molecule has 1 aromatic heterocycles. The number of hydrogen-bond acceptors (Lipinski definition) is 4. The van der Waals surface area contributed by atoms with Gasteiger partial charge in [0.05, 0.1) is 19.0 Å². The fourth-order valence-corrected chi connectivity index (χ4v) is 3.18. The van der Waals surface area contributed by atoms with Crippen molar-refractivity contribution in [1.29, 1.82) is 0 Å². The first-order valence-corrected chi connectivity index (χ1v) is 8.66. The van der Waals surface area contributed by atoms with Gasteiger partial charge in [-0.1, -0.05) is 35.5 Å². The van der Waals surface area contributed by atoms with Gasteiger partial charge in [0.25, 0.3) is 5.91 Å². The molecule has 0 bridgehead atoms. The van der Waals surface area contributed by atoms with E-state index in [0.29, 0.717) is 5.69 Å². The van der Waals surface area contributed by atoms with Crippen molar-refractivity contribution in [3.8, 4) is 11.4 Å². The molecule has 2 aromatic carbocycles. The van der Waals surface area contributed by atoms with Gasteiger partial charge in [0.2, 0.25) is 0 Å². The molecule has 1 aliphatic heterocycles. The highest BCUT2D eigenvalue weighted by Gasteiger charge is 2.34. The Morgan fingerprint density at radius 2 is 1.92 bits per heavy atom. The third-order valence-electron chi connectivity index (χ3n) is 4.77. The van der Waals surface area contributed by atoms with Gasteiger partial charge in [-0.25, -0.2) is 4.68 Å². The maximum absolute atomic E-state index is 12.8. The van der Waals surface area contributed by atoms with E-state index in [2.05, 4.69) is 22.4 Å². The minimum Gasteiger partial charge on any atom is -0.497 e. The highest BCUT2D eigenvalue weighted by Crippen LogP contribution is 2.24. The topological polar surface area (TPSA) is 60.2 Å². The molecule has 0 saturated carbocycles. The predicted molar refractivity (Wildman–Crippen MR) is 97.5 cm³/mol. The van der Waals surface area contributed by atoms with Crippen LogP contribution in [0.2, 0.25) is 0 Å². The predicted octanol–water partition coefficient (Wildman–Crippen LogP) is 2.73. The second-order valence-electron chi connectivity index (χ2n) is 6.38. The molecule has 1 unspecified atom stereocenters. The Bertz CT molecular complexity index is 890. The molecule has 26 heavy (non-hydrogen) atoms. The van der Waals surface area contributed by atoms with Crippen LogP contribution in [-0.2, 0) is 6.42 Å². The summed E-state index contributed by atoms with van der Waals surface area (Å²) in [6.45, 7) is 0.770. The van der Waals surface area contributed by atoms with E-state index < -0.39 is 0 Å². The van der Waals surface area contributed by atoms with Gasteiger partial charge < -0.3 is 9.64 Å². The van der Waals surface area contributed by atoms with E-state index in [1.807, 2.05) is 47.4 Å². The maximum atomic E-state index is 12.8. The maximum Gasteiger partial charge on any atom is 0.276 e. The lowest BCUT2D eigenvalue weighted by atomic mass is 9.95. The molecule has 1 amide bonds. The third-order valence-corrected chi connectivity index (χ3v) is 4.77. The lowest BCUT2D eigenvalue weighted by molar-refractivity contribution is 0.0458. The molecule has 2 heterocycles. The first kappa shape index (κ1) is 16.3. The lowest BCUT2D eigenvalue weighted by Gasteiger charge is -2.40. The van der Waals surface area contributed by atoms with Gasteiger partial charge in [-0.05, 0) is 42.7 Å². The average Bonchev–Trinajstić information content (AvgIpc) is 3.16. The van der Waals surface area contributed by atoms with Crippen molar-refractivity contribution < 1.29 is 9.53 Å². The zero-order valence-electron chi connectivity index (χ0n) is 14.6. The van der Waals surface area contributed by atoms with Crippen LogP contribution in [0.25, 0.3) is 5.69 Å². The summed E-state index contributed by atoms with van der Waals surface area (Å²) < 4.78 is 6.77. The second kappa shape index (κ2) is 7.00. The molecule has 0 radical (unpaired) electrons. The Balaban J connectivity index is 1.46. The van der Waals surface area contributed by atoms with Crippen molar-refractivity contribution in [3.05, 3.63) is 72.1 Å². The fraction of sp³-hybridized carbons (Fsp3) is 0.250. The van der Waals surface area contributed by atoms with Crippen LogP contribution in [0.1, 0.15) is 22.5 Å². The highest BCUT2D eigenvalue weighted by molar-refractivity contribution is 5.92. The minimum absolute atomic E-state index is 0.0584. The van der Waals surface area contributed by atoms with Crippen LogP contribution >= 0.6 is 0 Å². The Morgan fingerprint density at radius 1 is 1.15 bits per heavy atom. The molecule has 6 heteroatoms. The number of methoxy groups -OCH3 is 1. The normalized spacial score (nSPS) is 16.2. The number of likely N-dealkylation sites (tertiary alicyclic amines) is 1. The van der Waals surface area contributed by atoms with Crippen LogP contribution in [0.5, 0.6) is 5.75 Å². The summed E-state index contributed by atoms with van der Waals surface area (Å²) in [6, 6.07) is 17.9. The Hall–Kier alpha value is -3.15. The van der Waals surface area contributed by atoms with E-state index in [1.54, 1.807) is 18.0 Å². The van der Waals surface area contributed by atoms with Gasteiger partial charge in [0.1, 0.15) is 5.75 Å². The Morgan fingerprint density at radius 3 is 2.58 bits per heavy atom. The zero-order chi connectivity index (χ0) is 17.9. The molecule has 0 spiro atoms. The number of nitrogens with zero attached hydrogens (tertiary/aromatic N) is 4. The lowest BCUT2D eigenvalue weighted by Crippen LogP contribution is -2.52. The summed E-state index contributed by atoms with van der Waals surface area (Å²) in [5, 5.41) is 8.16. The van der Waals surface area contributed by atoms with Crippen LogP contribution in [0, 0.1) is 0 Å². The van der Waals surface area contributed by atoms with Gasteiger partial charge in [0, 0.05) is 12.6 Å². The summed E-state index contributed by atoms with van der Waals surface area (Å²) in [4.78, 5) is 14.6. The Labute approximate surface area is 152 Å². The van der Waals surface area contributed by atoms with Gasteiger partial charge >= 0.3 is 0 Å². The monoisotopic (exact) mass is 348 g/mol. The van der Waals surface area contributed by atoms with Crippen molar-refractivity contribution in [2.45, 2.75) is 18.9 Å². The average molecular weight is 348 g/mol. The zero-order valence-corrected chi connectivity index (χ0v) is 14.6. The van der Waals surface area contributed by atoms with Gasteiger partial charge in [-0.3, -0.25) is 4.79 Å². The molecule has 6 nitrogen and oxygen atoms in total. The van der Waals surface area contributed by atoms with Crippen molar-refractivity contribution in [1.82, 2.24) is 19.9 Å². The summed E-state index contributed by atoms with van der Waals surface area (Å²) >= 11 is 0. The number of rotatable bonds is 5. The fourth-order valence-electron chi connectivity index (χ4n) is 3.18. The first-order valence-electron chi connectivity index (χ1n) is 8.66.